The predicted octanol–water partition coefficient (Wildman–Crippen LogP) is 4.31. The number of benzene rings is 1. The molecular weight excluding hydrogens is 286 g/mol. The third-order valence-electron chi connectivity index (χ3n) is 4.14. The zero-order valence-electron chi connectivity index (χ0n) is 12.8. The van der Waals surface area contributed by atoms with Gasteiger partial charge in [-0.1, -0.05) is 38.4 Å². The number of nitrogens with zero attached hydrogens (tertiary/aromatic N) is 1. The summed E-state index contributed by atoms with van der Waals surface area (Å²) >= 11 is 6.36. The highest BCUT2D eigenvalue weighted by Crippen LogP contribution is 2.38. The molecule has 1 saturated heterocycles. The lowest BCUT2D eigenvalue weighted by Gasteiger charge is -2.27. The summed E-state index contributed by atoms with van der Waals surface area (Å²) in [5, 5.41) is 9.33. The fraction of sp³-hybridized carbons (Fsp3) is 0.471. The highest BCUT2D eigenvalue weighted by Gasteiger charge is 2.32. The Hall–Kier alpha value is -1.48. The van der Waals surface area contributed by atoms with E-state index in [-0.39, 0.29) is 0 Å². The number of aliphatic carboxylic acids is 1. The first-order valence-corrected chi connectivity index (χ1v) is 7.60. The van der Waals surface area contributed by atoms with E-state index >= 15 is 0 Å². The molecule has 21 heavy (non-hydrogen) atoms. The van der Waals surface area contributed by atoms with Gasteiger partial charge in [0.2, 0.25) is 0 Å². The maximum atomic E-state index is 10.5. The molecule has 114 valence electrons. The first-order valence-electron chi connectivity index (χ1n) is 7.23. The molecule has 0 bridgehead atoms. The lowest BCUT2D eigenvalue weighted by atomic mass is 9.80. The summed E-state index contributed by atoms with van der Waals surface area (Å²) in [5.74, 6) is -0.289. The maximum absolute atomic E-state index is 10.5. The predicted molar refractivity (Wildman–Crippen MR) is 87.9 cm³/mol. The largest absolute Gasteiger partial charge is 0.478 e. The van der Waals surface area contributed by atoms with Gasteiger partial charge >= 0.3 is 5.97 Å². The molecule has 0 saturated carbocycles. The molecule has 1 aliphatic rings. The van der Waals surface area contributed by atoms with Crippen LogP contribution >= 0.6 is 11.6 Å². The second-order valence-corrected chi connectivity index (χ2v) is 7.09. The Kier molecular flexibility index (Phi) is 4.62. The quantitative estimate of drug-likeness (QED) is 0.846. The van der Waals surface area contributed by atoms with Gasteiger partial charge in [0.15, 0.2) is 0 Å². The monoisotopic (exact) mass is 307 g/mol. The number of rotatable bonds is 3. The summed E-state index contributed by atoms with van der Waals surface area (Å²) in [6, 6.07) is 5.71. The van der Waals surface area contributed by atoms with Crippen molar-refractivity contribution in [3.05, 3.63) is 34.9 Å². The van der Waals surface area contributed by atoms with Crippen LogP contribution in [0.5, 0.6) is 0 Å². The van der Waals surface area contributed by atoms with E-state index < -0.39 is 5.97 Å². The van der Waals surface area contributed by atoms with Crippen molar-refractivity contribution in [3.63, 3.8) is 0 Å². The van der Waals surface area contributed by atoms with E-state index in [2.05, 4.69) is 25.7 Å². The average Bonchev–Trinajstić information content (AvgIpc) is 2.85. The lowest BCUT2D eigenvalue weighted by Crippen LogP contribution is -2.25. The number of carboxylic acids is 1. The van der Waals surface area contributed by atoms with Crippen LogP contribution in [0, 0.1) is 11.3 Å². The summed E-state index contributed by atoms with van der Waals surface area (Å²) in [5.41, 5.74) is 2.15. The van der Waals surface area contributed by atoms with Crippen LogP contribution in [0.2, 0.25) is 5.02 Å². The smallest absolute Gasteiger partial charge is 0.328 e. The third-order valence-corrected chi connectivity index (χ3v) is 4.45. The molecule has 1 aromatic rings. The minimum Gasteiger partial charge on any atom is -0.478 e. The van der Waals surface area contributed by atoms with E-state index in [4.69, 9.17) is 16.7 Å². The molecular formula is C17H22ClNO2. The number of hydrogen-bond acceptors (Lipinski definition) is 2. The Morgan fingerprint density at radius 2 is 2.14 bits per heavy atom. The Bertz CT molecular complexity index is 560. The van der Waals surface area contributed by atoms with E-state index in [1.807, 2.05) is 18.2 Å². The van der Waals surface area contributed by atoms with Crippen molar-refractivity contribution in [3.8, 4) is 0 Å². The molecule has 0 aliphatic carbocycles. The number of hydrogen-bond donors (Lipinski definition) is 1. The molecule has 4 heteroatoms. The van der Waals surface area contributed by atoms with Crippen molar-refractivity contribution in [1.29, 1.82) is 0 Å². The first kappa shape index (κ1) is 15.9. The lowest BCUT2D eigenvalue weighted by molar-refractivity contribution is -0.131. The molecule has 0 spiro atoms. The molecule has 1 N–H and O–H groups in total. The molecule has 1 unspecified atom stereocenters. The van der Waals surface area contributed by atoms with Gasteiger partial charge in [0, 0.05) is 19.2 Å². The normalized spacial score (nSPS) is 19.4. The number of carbonyl (C=O) groups is 1. The van der Waals surface area contributed by atoms with Gasteiger partial charge in [-0.25, -0.2) is 4.79 Å². The van der Waals surface area contributed by atoms with Crippen LogP contribution in [0.15, 0.2) is 24.3 Å². The van der Waals surface area contributed by atoms with Crippen molar-refractivity contribution < 1.29 is 9.90 Å². The van der Waals surface area contributed by atoms with Crippen molar-refractivity contribution in [1.82, 2.24) is 0 Å². The number of halogens is 1. The highest BCUT2D eigenvalue weighted by molar-refractivity contribution is 6.33. The van der Waals surface area contributed by atoms with Gasteiger partial charge in [-0.05, 0) is 41.5 Å². The van der Waals surface area contributed by atoms with Gasteiger partial charge in [0.25, 0.3) is 0 Å². The fourth-order valence-corrected chi connectivity index (χ4v) is 3.05. The molecule has 0 radical (unpaired) electrons. The SMILES string of the molecule is CC(C)(C)C1CCN(c2ccc(/C=C/C(=O)O)cc2Cl)C1. The Morgan fingerprint density at radius 3 is 2.67 bits per heavy atom. The molecule has 1 atom stereocenters. The minimum absolute atomic E-state index is 0.311. The molecule has 1 fully saturated rings. The van der Waals surface area contributed by atoms with Crippen LogP contribution in [0.3, 0.4) is 0 Å². The number of anilines is 1. The van der Waals surface area contributed by atoms with Gasteiger partial charge in [0.1, 0.15) is 0 Å². The Labute approximate surface area is 131 Å². The van der Waals surface area contributed by atoms with Crippen LogP contribution in [-0.2, 0) is 4.79 Å². The van der Waals surface area contributed by atoms with Crippen molar-refractivity contribution in [2.45, 2.75) is 27.2 Å². The van der Waals surface area contributed by atoms with E-state index in [0.717, 1.165) is 30.4 Å². The van der Waals surface area contributed by atoms with E-state index in [9.17, 15) is 4.79 Å². The van der Waals surface area contributed by atoms with Gasteiger partial charge in [-0.3, -0.25) is 0 Å². The third kappa shape index (κ3) is 4.01. The second kappa shape index (κ2) is 6.10. The molecule has 2 rings (SSSR count). The van der Waals surface area contributed by atoms with E-state index in [0.29, 0.717) is 16.4 Å². The summed E-state index contributed by atoms with van der Waals surface area (Å²) in [7, 11) is 0. The van der Waals surface area contributed by atoms with Gasteiger partial charge < -0.3 is 10.0 Å². The van der Waals surface area contributed by atoms with Gasteiger partial charge in [-0.2, -0.15) is 0 Å². The molecule has 0 amide bonds. The molecule has 0 aromatic heterocycles. The first-order chi connectivity index (χ1) is 9.77. The average molecular weight is 308 g/mol. The summed E-state index contributed by atoms with van der Waals surface area (Å²) < 4.78 is 0. The molecule has 1 aromatic carbocycles. The van der Waals surface area contributed by atoms with E-state index in [1.54, 1.807) is 6.08 Å². The Balaban J connectivity index is 2.14. The zero-order valence-corrected chi connectivity index (χ0v) is 13.5. The number of carboxylic acid groups (broad SMARTS) is 1. The van der Waals surface area contributed by atoms with Gasteiger partial charge in [0.05, 0.1) is 10.7 Å². The summed E-state index contributed by atoms with van der Waals surface area (Å²) in [6.45, 7) is 8.88. The second-order valence-electron chi connectivity index (χ2n) is 6.68. The van der Waals surface area contributed by atoms with Crippen LogP contribution in [0.25, 0.3) is 6.08 Å². The Morgan fingerprint density at radius 1 is 1.43 bits per heavy atom. The van der Waals surface area contributed by atoms with Crippen LogP contribution in [-0.4, -0.2) is 24.2 Å². The molecule has 1 aliphatic heterocycles. The van der Waals surface area contributed by atoms with Crippen molar-refractivity contribution >= 4 is 29.3 Å². The van der Waals surface area contributed by atoms with Crippen LogP contribution in [0.1, 0.15) is 32.8 Å². The summed E-state index contributed by atoms with van der Waals surface area (Å²) in [6.07, 6.45) is 3.86. The zero-order chi connectivity index (χ0) is 15.6. The maximum Gasteiger partial charge on any atom is 0.328 e. The van der Waals surface area contributed by atoms with Crippen molar-refractivity contribution in [2.75, 3.05) is 18.0 Å². The molecule has 1 heterocycles. The minimum atomic E-state index is -0.956. The summed E-state index contributed by atoms with van der Waals surface area (Å²) in [4.78, 5) is 12.9. The fourth-order valence-electron chi connectivity index (χ4n) is 2.74. The van der Waals surface area contributed by atoms with Gasteiger partial charge in [-0.15, -0.1) is 0 Å². The standard InChI is InChI=1S/C17H22ClNO2/c1-17(2,3)13-8-9-19(11-13)15-6-4-12(10-14(15)18)5-7-16(20)21/h4-7,10,13H,8-9,11H2,1-3H3,(H,20,21)/b7-5+. The van der Waals surface area contributed by atoms with Crippen LogP contribution < -0.4 is 4.90 Å². The van der Waals surface area contributed by atoms with E-state index in [1.165, 1.54) is 6.42 Å². The van der Waals surface area contributed by atoms with Crippen LogP contribution in [0.4, 0.5) is 5.69 Å². The highest BCUT2D eigenvalue weighted by atomic mass is 35.5. The topological polar surface area (TPSA) is 40.5 Å². The molecule has 3 nitrogen and oxygen atoms in total. The van der Waals surface area contributed by atoms with Crippen molar-refractivity contribution in [2.24, 2.45) is 11.3 Å².